The zero-order chi connectivity index (χ0) is 77.1. The van der Waals surface area contributed by atoms with Crippen LogP contribution < -0.4 is 4.90 Å². The second-order valence-electron chi connectivity index (χ2n) is 31.9. The van der Waals surface area contributed by atoms with E-state index in [-0.39, 0.29) is 5.41 Å². The van der Waals surface area contributed by atoms with Crippen molar-refractivity contribution in [2.24, 2.45) is 0 Å². The van der Waals surface area contributed by atoms with Crippen LogP contribution in [-0.2, 0) is 5.41 Å². The molecular weight excluding hydrogens is 1420 g/mol. The predicted octanol–water partition coefficient (Wildman–Crippen LogP) is 29.5. The third-order valence-corrected chi connectivity index (χ3v) is 25.3. The van der Waals surface area contributed by atoms with E-state index in [9.17, 15) is 0 Å². The van der Waals surface area contributed by atoms with Crippen molar-refractivity contribution in [3.63, 3.8) is 0 Å². The molecule has 22 aromatic rings. The molecule has 3 aliphatic rings. The van der Waals surface area contributed by atoms with Crippen molar-refractivity contribution in [2.45, 2.75) is 19.3 Å². The highest BCUT2D eigenvalue weighted by Gasteiger charge is 2.36. The number of anilines is 3. The molecule has 0 spiro atoms. The van der Waals surface area contributed by atoms with Crippen molar-refractivity contribution in [1.82, 2.24) is 23.7 Å². The first-order valence-corrected chi connectivity index (χ1v) is 40.4. The highest BCUT2D eigenvalue weighted by Crippen LogP contribution is 2.55. The maximum absolute atomic E-state index is 4.83. The molecule has 6 nitrogen and oxygen atoms in total. The molecule has 3 aliphatic carbocycles. The van der Waals surface area contributed by atoms with Crippen LogP contribution >= 0.6 is 0 Å². The van der Waals surface area contributed by atoms with Crippen LogP contribution in [0.1, 0.15) is 25.0 Å². The van der Waals surface area contributed by atoms with Gasteiger partial charge in [0, 0.05) is 95.4 Å². The third kappa shape index (κ3) is 10.2. The molecule has 0 saturated heterocycles. The van der Waals surface area contributed by atoms with Crippen molar-refractivity contribution < 1.29 is 0 Å². The number of nitrogens with zero attached hydrogens (tertiary/aromatic N) is 6. The molecule has 0 saturated carbocycles. The van der Waals surface area contributed by atoms with Gasteiger partial charge in [0.1, 0.15) is 0 Å². The van der Waals surface area contributed by atoms with Gasteiger partial charge in [0.2, 0.25) is 0 Å². The summed E-state index contributed by atoms with van der Waals surface area (Å²) >= 11 is 0. The van der Waals surface area contributed by atoms with Gasteiger partial charge in [-0.2, -0.15) is 0 Å². The van der Waals surface area contributed by atoms with Gasteiger partial charge in [-0.15, -0.1) is 0 Å². The van der Waals surface area contributed by atoms with E-state index in [4.69, 9.17) is 9.97 Å². The standard InChI is InChI=1S/C60H41N3.C51H31N3/c1-60(2)52-20-9-8-18-48(52)49-32-31-45(37-53(49)60)62(42-14-4-3-5-15-42)43-27-22-38(23-28-43)39-24-29-44(30-25-39)63-55-33-26-40-13-12-19-50-46-16-6-7-17-47(46)51-35-41(54-21-10-11-34-61-54)36-56(63)58(51)59(55)57(40)50;1-2-12-39-38(11-1)42-15-9-10-34-23-28-47-51(49(34)42)50-43(39)30-35(44-16-7-8-29-52-44)31-48(50)54(47)37-26-21-33(22-27-37)32-19-24-36(25-20-32)53-45-17-5-3-13-40(45)41-14-4-6-18-46(41)53/h3-37H,1-2H3;1-31H. The fourth-order valence-electron chi connectivity index (χ4n) is 20.0. The molecule has 6 heteroatoms. The lowest BCUT2D eigenvalue weighted by Crippen LogP contribution is -2.16. The minimum atomic E-state index is -0.0825. The van der Waals surface area contributed by atoms with E-state index in [1.54, 1.807) is 0 Å². The lowest BCUT2D eigenvalue weighted by Gasteiger charge is -2.28. The van der Waals surface area contributed by atoms with Gasteiger partial charge in [0.15, 0.2) is 0 Å². The second-order valence-corrected chi connectivity index (χ2v) is 31.9. The molecule has 117 heavy (non-hydrogen) atoms. The molecule has 5 aromatic heterocycles. The van der Waals surface area contributed by atoms with Crippen LogP contribution in [0.3, 0.4) is 0 Å². The molecule has 0 atom stereocenters. The molecule has 0 radical (unpaired) electrons. The first kappa shape index (κ1) is 66.4. The average Bonchev–Trinajstić information content (AvgIpc) is 1.59. The maximum atomic E-state index is 4.83. The molecule has 546 valence electrons. The zero-order valence-corrected chi connectivity index (χ0v) is 64.3. The molecule has 0 aliphatic heterocycles. The number of pyridine rings is 2. The van der Waals surface area contributed by atoms with Crippen molar-refractivity contribution in [3.05, 3.63) is 412 Å². The molecule has 25 rings (SSSR count). The summed E-state index contributed by atoms with van der Waals surface area (Å²) in [6.45, 7) is 4.70. The molecule has 0 amide bonds. The van der Waals surface area contributed by atoms with Crippen molar-refractivity contribution in [2.75, 3.05) is 4.90 Å². The van der Waals surface area contributed by atoms with Crippen LogP contribution in [0.5, 0.6) is 0 Å². The van der Waals surface area contributed by atoms with E-state index in [1.807, 2.05) is 24.5 Å². The van der Waals surface area contributed by atoms with Crippen molar-refractivity contribution >= 4 is 104 Å². The third-order valence-electron chi connectivity index (χ3n) is 25.3. The topological polar surface area (TPSA) is 43.8 Å². The van der Waals surface area contributed by atoms with Crippen LogP contribution in [0.4, 0.5) is 17.1 Å². The summed E-state index contributed by atoms with van der Waals surface area (Å²) in [5, 5.41) is 12.9. The van der Waals surface area contributed by atoms with Crippen molar-refractivity contribution in [1.29, 1.82) is 0 Å². The van der Waals surface area contributed by atoms with Crippen LogP contribution in [0.25, 0.3) is 204 Å². The number of fused-ring (bicyclic) bond motifs is 12. The van der Waals surface area contributed by atoms with E-state index in [0.717, 1.165) is 56.6 Å². The van der Waals surface area contributed by atoms with Crippen LogP contribution in [0.2, 0.25) is 0 Å². The molecule has 0 bridgehead atoms. The van der Waals surface area contributed by atoms with Gasteiger partial charge >= 0.3 is 0 Å². The minimum absolute atomic E-state index is 0.0825. The van der Waals surface area contributed by atoms with E-state index < -0.39 is 0 Å². The number of benzene rings is 17. The first-order chi connectivity index (χ1) is 57.8. The molecule has 5 heterocycles. The predicted molar refractivity (Wildman–Crippen MR) is 489 cm³/mol. The monoisotopic (exact) mass is 1490 g/mol. The SMILES string of the molecule is CC1(C)c2ccccc2-c2ccc(N(c3ccccc3)c3ccc(-c4ccc(-n5c6cc(-c7ccccn7)cc7c6c6c8c(cccc8ccc65)-c5ccccc5-7)cc4)cc3)cc21.c1ccc(-c2cc3c4c5c6c(cccc6ccc5n(-c5ccc(-c6ccc(-n7c8ccccc8c8ccccc87)cc6)cc5)c4c2)-c2ccccc2-3)nc1. The Morgan fingerprint density at radius 3 is 1.09 bits per heavy atom. The summed E-state index contributed by atoms with van der Waals surface area (Å²) in [6, 6.07) is 142. The lowest BCUT2D eigenvalue weighted by atomic mass is 9.82. The number of hydrogen-bond acceptors (Lipinski definition) is 3. The molecular formula is C111H72N6. The Morgan fingerprint density at radius 1 is 0.222 bits per heavy atom. The Morgan fingerprint density at radius 2 is 0.607 bits per heavy atom. The highest BCUT2D eigenvalue weighted by atomic mass is 15.1. The number of aromatic nitrogens is 5. The van der Waals surface area contributed by atoms with Crippen LogP contribution in [-0.4, -0.2) is 23.7 Å². The van der Waals surface area contributed by atoms with E-state index >= 15 is 0 Å². The summed E-state index contributed by atoms with van der Waals surface area (Å²) in [5.41, 5.74) is 38.3. The fraction of sp³-hybridized carbons (Fsp3) is 0.0270. The Labute approximate surface area is 676 Å². The number of hydrogen-bond donors (Lipinski definition) is 0. The Bertz CT molecular complexity index is 7790. The van der Waals surface area contributed by atoms with E-state index in [1.165, 1.54) is 176 Å². The summed E-state index contributed by atoms with van der Waals surface area (Å²) in [5.74, 6) is 0. The smallest absolute Gasteiger partial charge is 0.0702 e. The fourth-order valence-corrected chi connectivity index (χ4v) is 20.0. The summed E-state index contributed by atoms with van der Waals surface area (Å²) in [6.07, 6.45) is 3.77. The molecule has 17 aromatic carbocycles. The summed E-state index contributed by atoms with van der Waals surface area (Å²) in [4.78, 5) is 12.0. The molecule has 0 unspecified atom stereocenters. The maximum Gasteiger partial charge on any atom is 0.0702 e. The summed E-state index contributed by atoms with van der Waals surface area (Å²) < 4.78 is 7.29. The summed E-state index contributed by atoms with van der Waals surface area (Å²) in [7, 11) is 0. The van der Waals surface area contributed by atoms with Gasteiger partial charge in [0.05, 0.1) is 44.5 Å². The van der Waals surface area contributed by atoms with E-state index in [2.05, 4.69) is 409 Å². The Hall–Kier alpha value is -15.2. The van der Waals surface area contributed by atoms with E-state index in [0.29, 0.717) is 0 Å². The highest BCUT2D eigenvalue weighted by molar-refractivity contribution is 6.32. The molecule has 0 fully saturated rings. The lowest BCUT2D eigenvalue weighted by molar-refractivity contribution is 0.660. The van der Waals surface area contributed by atoms with Crippen LogP contribution in [0, 0.1) is 0 Å². The van der Waals surface area contributed by atoms with Crippen molar-refractivity contribution in [3.8, 4) is 117 Å². The van der Waals surface area contributed by atoms with Gasteiger partial charge in [-0.3, -0.25) is 9.97 Å². The molecule has 0 N–H and O–H groups in total. The zero-order valence-electron chi connectivity index (χ0n) is 64.3. The second kappa shape index (κ2) is 25.9. The van der Waals surface area contributed by atoms with Gasteiger partial charge in [-0.25, -0.2) is 0 Å². The number of para-hydroxylation sites is 3. The minimum Gasteiger partial charge on any atom is -0.310 e. The van der Waals surface area contributed by atoms with Gasteiger partial charge in [-0.05, 0) is 256 Å². The van der Waals surface area contributed by atoms with Crippen LogP contribution in [0.15, 0.2) is 401 Å². The number of rotatable bonds is 10. The normalized spacial score (nSPS) is 12.6. The Kier molecular flexibility index (Phi) is 14.7. The quantitative estimate of drug-likeness (QED) is 0.137. The average molecular weight is 1490 g/mol. The van der Waals surface area contributed by atoms with Gasteiger partial charge < -0.3 is 18.6 Å². The van der Waals surface area contributed by atoms with Gasteiger partial charge in [-0.1, -0.05) is 257 Å². The largest absolute Gasteiger partial charge is 0.310 e. The van der Waals surface area contributed by atoms with Gasteiger partial charge in [0.25, 0.3) is 0 Å². The first-order valence-electron chi connectivity index (χ1n) is 40.4. The Balaban J connectivity index is 0.000000136.